The number of rotatable bonds is 8. The summed E-state index contributed by atoms with van der Waals surface area (Å²) in [5.74, 6) is -0.320. The van der Waals surface area contributed by atoms with Crippen molar-refractivity contribution in [2.75, 3.05) is 44.4 Å². The predicted molar refractivity (Wildman–Crippen MR) is 135 cm³/mol. The molecule has 3 aromatic rings. The molecule has 0 amide bonds. The summed E-state index contributed by atoms with van der Waals surface area (Å²) >= 11 is 0. The minimum atomic E-state index is -0.320. The van der Waals surface area contributed by atoms with Gasteiger partial charge in [0.15, 0.2) is 0 Å². The van der Waals surface area contributed by atoms with Crippen LogP contribution in [0.2, 0.25) is 0 Å². The average molecular weight is 466 g/mol. The SMILES string of the molecule is Cc1c(C(=O)OC(C)C)cc2c(-c3cccc(N4CCOCC4)c3)ccn2c1C(C)NCCO. The van der Waals surface area contributed by atoms with Gasteiger partial charge in [-0.1, -0.05) is 12.1 Å². The molecule has 1 aliphatic heterocycles. The van der Waals surface area contributed by atoms with Gasteiger partial charge < -0.3 is 29.2 Å². The number of ether oxygens (including phenoxy) is 2. The second kappa shape index (κ2) is 10.6. The van der Waals surface area contributed by atoms with E-state index in [9.17, 15) is 9.90 Å². The van der Waals surface area contributed by atoms with Gasteiger partial charge >= 0.3 is 5.97 Å². The highest BCUT2D eigenvalue weighted by molar-refractivity contribution is 5.95. The highest BCUT2D eigenvalue weighted by Gasteiger charge is 2.23. The summed E-state index contributed by atoms with van der Waals surface area (Å²) in [6, 6.07) is 12.5. The number of nitrogens with one attached hydrogen (secondary N) is 1. The van der Waals surface area contributed by atoms with Crippen LogP contribution >= 0.6 is 0 Å². The average Bonchev–Trinajstić information content (AvgIpc) is 3.25. The molecule has 0 saturated carbocycles. The largest absolute Gasteiger partial charge is 0.459 e. The maximum absolute atomic E-state index is 13.0. The van der Waals surface area contributed by atoms with Crippen molar-refractivity contribution in [1.82, 2.24) is 9.72 Å². The van der Waals surface area contributed by atoms with Crippen LogP contribution in [-0.4, -0.2) is 61.0 Å². The van der Waals surface area contributed by atoms with Gasteiger partial charge in [0.25, 0.3) is 0 Å². The lowest BCUT2D eigenvalue weighted by Gasteiger charge is -2.29. The molecule has 1 unspecified atom stereocenters. The number of hydrogen-bond donors (Lipinski definition) is 2. The van der Waals surface area contributed by atoms with Gasteiger partial charge in [-0.3, -0.25) is 0 Å². The van der Waals surface area contributed by atoms with Crippen molar-refractivity contribution in [3.05, 3.63) is 59.4 Å². The first-order chi connectivity index (χ1) is 16.4. The lowest BCUT2D eigenvalue weighted by Crippen LogP contribution is -2.36. The van der Waals surface area contributed by atoms with Crippen LogP contribution in [0.3, 0.4) is 0 Å². The van der Waals surface area contributed by atoms with E-state index >= 15 is 0 Å². The third kappa shape index (κ3) is 4.97. The Morgan fingerprint density at radius 3 is 2.65 bits per heavy atom. The van der Waals surface area contributed by atoms with E-state index in [-0.39, 0.29) is 24.7 Å². The third-order valence-corrected chi connectivity index (χ3v) is 6.32. The van der Waals surface area contributed by atoms with E-state index in [0.717, 1.165) is 54.2 Å². The van der Waals surface area contributed by atoms with Crippen LogP contribution < -0.4 is 10.2 Å². The number of aromatic nitrogens is 1. The molecule has 34 heavy (non-hydrogen) atoms. The number of anilines is 1. The summed E-state index contributed by atoms with van der Waals surface area (Å²) in [5, 5.41) is 12.7. The fourth-order valence-corrected chi connectivity index (χ4v) is 4.70. The topological polar surface area (TPSA) is 75.4 Å². The van der Waals surface area contributed by atoms with Crippen LogP contribution in [0.15, 0.2) is 42.6 Å². The van der Waals surface area contributed by atoms with Crippen molar-refractivity contribution >= 4 is 17.2 Å². The number of carbonyl (C=O) groups is 1. The van der Waals surface area contributed by atoms with Crippen LogP contribution in [0.25, 0.3) is 16.6 Å². The number of carbonyl (C=O) groups excluding carboxylic acids is 1. The first-order valence-corrected chi connectivity index (χ1v) is 12.0. The molecule has 1 aromatic carbocycles. The van der Waals surface area contributed by atoms with Gasteiger partial charge in [0.1, 0.15) is 0 Å². The molecule has 0 aliphatic carbocycles. The molecule has 1 atom stereocenters. The quantitative estimate of drug-likeness (QED) is 0.491. The van der Waals surface area contributed by atoms with Crippen LogP contribution in [0.5, 0.6) is 0 Å². The summed E-state index contributed by atoms with van der Waals surface area (Å²) < 4.78 is 13.2. The molecule has 1 saturated heterocycles. The Balaban J connectivity index is 1.84. The van der Waals surface area contributed by atoms with Crippen molar-refractivity contribution in [3.63, 3.8) is 0 Å². The number of morpholine rings is 1. The van der Waals surface area contributed by atoms with Crippen LogP contribution in [-0.2, 0) is 9.47 Å². The second-order valence-corrected chi connectivity index (χ2v) is 9.06. The first-order valence-electron chi connectivity index (χ1n) is 12.0. The third-order valence-electron chi connectivity index (χ3n) is 6.32. The van der Waals surface area contributed by atoms with E-state index in [1.54, 1.807) is 0 Å². The zero-order valence-electron chi connectivity index (χ0n) is 20.5. The Kier molecular flexibility index (Phi) is 7.56. The molecule has 0 bridgehead atoms. The molecule has 2 N–H and O–H groups in total. The highest BCUT2D eigenvalue weighted by atomic mass is 16.5. The zero-order chi connectivity index (χ0) is 24.2. The fourth-order valence-electron chi connectivity index (χ4n) is 4.70. The van der Waals surface area contributed by atoms with Gasteiger partial charge in [0.2, 0.25) is 0 Å². The Morgan fingerprint density at radius 2 is 1.94 bits per heavy atom. The predicted octanol–water partition coefficient (Wildman–Crippen LogP) is 3.96. The Morgan fingerprint density at radius 1 is 1.18 bits per heavy atom. The molecular weight excluding hydrogens is 430 g/mol. The zero-order valence-corrected chi connectivity index (χ0v) is 20.5. The summed E-state index contributed by atoms with van der Waals surface area (Å²) in [6.07, 6.45) is 1.86. The molecule has 4 rings (SSSR count). The maximum Gasteiger partial charge on any atom is 0.338 e. The number of aliphatic hydroxyl groups is 1. The molecule has 0 spiro atoms. The van der Waals surface area contributed by atoms with Crippen molar-refractivity contribution < 1.29 is 19.4 Å². The number of nitrogens with zero attached hydrogens (tertiary/aromatic N) is 2. The summed E-state index contributed by atoms with van der Waals surface area (Å²) in [7, 11) is 0. The molecule has 3 heterocycles. The Labute approximate surface area is 201 Å². The minimum absolute atomic E-state index is 0.0485. The molecule has 2 aromatic heterocycles. The van der Waals surface area contributed by atoms with Gasteiger partial charge in [0.05, 0.1) is 37.0 Å². The summed E-state index contributed by atoms with van der Waals surface area (Å²) in [6.45, 7) is 11.5. The van der Waals surface area contributed by atoms with Crippen molar-refractivity contribution in [1.29, 1.82) is 0 Å². The van der Waals surface area contributed by atoms with Gasteiger partial charge in [0, 0.05) is 48.8 Å². The van der Waals surface area contributed by atoms with E-state index < -0.39 is 0 Å². The van der Waals surface area contributed by atoms with E-state index in [4.69, 9.17) is 9.47 Å². The Hall–Kier alpha value is -2.87. The second-order valence-electron chi connectivity index (χ2n) is 9.06. The molecule has 7 heteroatoms. The molecule has 182 valence electrons. The first kappa shape index (κ1) is 24.3. The number of aliphatic hydroxyl groups excluding tert-OH is 1. The van der Waals surface area contributed by atoms with Crippen LogP contribution in [0, 0.1) is 6.92 Å². The lowest BCUT2D eigenvalue weighted by atomic mass is 10.00. The highest BCUT2D eigenvalue weighted by Crippen LogP contribution is 2.34. The molecular formula is C27H35N3O4. The molecule has 1 aliphatic rings. The number of hydrogen-bond acceptors (Lipinski definition) is 6. The molecule has 1 fully saturated rings. The number of benzene rings is 1. The smallest absolute Gasteiger partial charge is 0.338 e. The fraction of sp³-hybridized carbons (Fsp3) is 0.444. The van der Waals surface area contributed by atoms with E-state index in [2.05, 4.69) is 51.1 Å². The molecule has 7 nitrogen and oxygen atoms in total. The minimum Gasteiger partial charge on any atom is -0.459 e. The van der Waals surface area contributed by atoms with Crippen molar-refractivity contribution in [3.8, 4) is 11.1 Å². The van der Waals surface area contributed by atoms with Crippen molar-refractivity contribution in [2.24, 2.45) is 0 Å². The maximum atomic E-state index is 13.0. The molecule has 0 radical (unpaired) electrons. The number of fused-ring (bicyclic) bond motifs is 1. The monoisotopic (exact) mass is 465 g/mol. The number of pyridine rings is 1. The lowest BCUT2D eigenvalue weighted by molar-refractivity contribution is 0.0377. The van der Waals surface area contributed by atoms with Gasteiger partial charge in [-0.15, -0.1) is 0 Å². The number of esters is 1. The van der Waals surface area contributed by atoms with E-state index in [0.29, 0.717) is 12.1 Å². The van der Waals surface area contributed by atoms with E-state index in [1.165, 1.54) is 5.69 Å². The van der Waals surface area contributed by atoms with Gasteiger partial charge in [-0.2, -0.15) is 0 Å². The van der Waals surface area contributed by atoms with Crippen molar-refractivity contribution in [2.45, 2.75) is 39.8 Å². The van der Waals surface area contributed by atoms with Gasteiger partial charge in [-0.25, -0.2) is 4.79 Å². The Bertz CT molecular complexity index is 1150. The van der Waals surface area contributed by atoms with Gasteiger partial charge in [-0.05, 0) is 63.1 Å². The normalized spacial score (nSPS) is 15.2. The van der Waals surface area contributed by atoms with Crippen LogP contribution in [0.1, 0.15) is 48.4 Å². The van der Waals surface area contributed by atoms with E-state index in [1.807, 2.05) is 33.8 Å². The van der Waals surface area contributed by atoms with Crippen LogP contribution in [0.4, 0.5) is 5.69 Å². The standard InChI is InChI=1S/C27H35N3O4/c1-18(2)34-27(32)24-17-25-23(8-10-30(25)26(19(24)3)20(4)28-9-13-31)21-6-5-7-22(16-21)29-11-14-33-15-12-29/h5-8,10,16-18,20,28,31H,9,11-15H2,1-4H3. The summed E-state index contributed by atoms with van der Waals surface area (Å²) in [4.78, 5) is 15.4. The summed E-state index contributed by atoms with van der Waals surface area (Å²) in [5.41, 5.74) is 6.71.